The maximum atomic E-state index is 12.1. The summed E-state index contributed by atoms with van der Waals surface area (Å²) in [6.07, 6.45) is -6.86. The lowest BCUT2D eigenvalue weighted by molar-refractivity contribution is -0.145. The van der Waals surface area contributed by atoms with E-state index in [-0.39, 0.29) is 8.55 Å². The third-order valence-electron chi connectivity index (χ3n) is 2.13. The number of hydrogen-bond donors (Lipinski definition) is 2. The fourth-order valence-corrected chi connectivity index (χ4v) is 3.95. The summed E-state index contributed by atoms with van der Waals surface area (Å²) >= 11 is 6.22. The molecule has 5 nitrogen and oxygen atoms in total. The molecule has 0 aliphatic heterocycles. The summed E-state index contributed by atoms with van der Waals surface area (Å²) < 4.78 is 61.3. The minimum absolute atomic E-state index is 0.160. The standard InChI is InChI=1S/C9H9ClF3NO4S2/c10-6-1-2-7(19-6)20(17,18)14-5(8(15)16)3-4-9(11,12)13/h1-2,5,14H,3-4H2,(H,15,16). The van der Waals surface area contributed by atoms with Gasteiger partial charge >= 0.3 is 12.1 Å². The molecule has 0 fully saturated rings. The lowest BCUT2D eigenvalue weighted by atomic mass is 10.2. The van der Waals surface area contributed by atoms with Crippen LogP contribution in [0.4, 0.5) is 13.2 Å². The highest BCUT2D eigenvalue weighted by molar-refractivity contribution is 7.91. The Hall–Kier alpha value is -0.840. The zero-order valence-corrected chi connectivity index (χ0v) is 12.0. The molecule has 114 valence electrons. The van der Waals surface area contributed by atoms with E-state index in [1.165, 1.54) is 6.07 Å². The monoisotopic (exact) mass is 351 g/mol. The summed E-state index contributed by atoms with van der Waals surface area (Å²) in [4.78, 5) is 10.8. The zero-order chi connectivity index (χ0) is 15.6. The molecular formula is C9H9ClF3NO4S2. The third-order valence-corrected chi connectivity index (χ3v) is 5.32. The Morgan fingerprint density at radius 2 is 2.05 bits per heavy atom. The van der Waals surface area contributed by atoms with Crippen LogP contribution in [0.25, 0.3) is 0 Å². The summed E-state index contributed by atoms with van der Waals surface area (Å²) in [6, 6.07) is 0.562. The van der Waals surface area contributed by atoms with Gasteiger partial charge in [0.15, 0.2) is 0 Å². The van der Waals surface area contributed by atoms with Crippen LogP contribution in [0.15, 0.2) is 16.3 Å². The molecule has 0 bridgehead atoms. The molecule has 20 heavy (non-hydrogen) atoms. The molecule has 0 aliphatic carbocycles. The van der Waals surface area contributed by atoms with Crippen LogP contribution in [-0.4, -0.2) is 31.7 Å². The molecule has 1 heterocycles. The van der Waals surface area contributed by atoms with Gasteiger partial charge in [-0.25, -0.2) is 8.42 Å². The second-order valence-corrected chi connectivity index (χ2v) is 7.38. The average molecular weight is 352 g/mol. The number of hydrogen-bond acceptors (Lipinski definition) is 4. The van der Waals surface area contributed by atoms with Gasteiger partial charge in [0.2, 0.25) is 0 Å². The fourth-order valence-electron chi connectivity index (χ4n) is 1.23. The van der Waals surface area contributed by atoms with Crippen molar-refractivity contribution in [1.29, 1.82) is 0 Å². The van der Waals surface area contributed by atoms with E-state index in [4.69, 9.17) is 16.7 Å². The van der Waals surface area contributed by atoms with Crippen LogP contribution in [0.3, 0.4) is 0 Å². The topological polar surface area (TPSA) is 83.5 Å². The van der Waals surface area contributed by atoms with Crippen LogP contribution in [0.5, 0.6) is 0 Å². The predicted molar refractivity (Wildman–Crippen MR) is 66.4 cm³/mol. The molecule has 1 aromatic rings. The highest BCUT2D eigenvalue weighted by atomic mass is 35.5. The Kier molecular flexibility index (Phi) is 5.41. The quantitative estimate of drug-likeness (QED) is 0.824. The van der Waals surface area contributed by atoms with Crippen molar-refractivity contribution in [3.8, 4) is 0 Å². The lowest BCUT2D eigenvalue weighted by Crippen LogP contribution is -2.41. The summed E-state index contributed by atoms with van der Waals surface area (Å²) in [5, 5.41) is 8.77. The van der Waals surface area contributed by atoms with Gasteiger partial charge in [0.25, 0.3) is 10.0 Å². The van der Waals surface area contributed by atoms with E-state index in [0.29, 0.717) is 11.3 Å². The molecular weight excluding hydrogens is 343 g/mol. The van der Waals surface area contributed by atoms with Gasteiger partial charge in [-0.3, -0.25) is 4.79 Å². The minimum atomic E-state index is -4.56. The van der Waals surface area contributed by atoms with Crippen molar-refractivity contribution in [1.82, 2.24) is 4.72 Å². The molecule has 0 saturated carbocycles. The summed E-state index contributed by atoms with van der Waals surface area (Å²) in [6.45, 7) is 0. The number of halogens is 4. The first-order valence-electron chi connectivity index (χ1n) is 5.08. The first-order valence-corrected chi connectivity index (χ1v) is 7.76. The molecule has 1 atom stereocenters. The molecule has 0 saturated heterocycles. The molecule has 1 unspecified atom stereocenters. The van der Waals surface area contributed by atoms with Crippen LogP contribution in [0.1, 0.15) is 12.8 Å². The second kappa shape index (κ2) is 6.29. The summed E-state index contributed by atoms with van der Waals surface area (Å²) in [5.74, 6) is -1.68. The molecule has 0 spiro atoms. The van der Waals surface area contributed by atoms with E-state index in [1.54, 1.807) is 4.72 Å². The van der Waals surface area contributed by atoms with Crippen molar-refractivity contribution >= 4 is 38.9 Å². The minimum Gasteiger partial charge on any atom is -0.480 e. The number of alkyl halides is 3. The van der Waals surface area contributed by atoms with Gasteiger partial charge in [0.1, 0.15) is 10.3 Å². The normalized spacial score (nSPS) is 14.2. The van der Waals surface area contributed by atoms with Gasteiger partial charge in [-0.05, 0) is 18.6 Å². The summed E-state index contributed by atoms with van der Waals surface area (Å²) in [5.41, 5.74) is 0. The number of carbonyl (C=O) groups is 1. The Morgan fingerprint density at radius 3 is 2.45 bits per heavy atom. The molecule has 2 N–H and O–H groups in total. The number of rotatable bonds is 6. The second-order valence-electron chi connectivity index (χ2n) is 3.72. The first kappa shape index (κ1) is 17.2. The lowest BCUT2D eigenvalue weighted by Gasteiger charge is -2.15. The molecule has 11 heteroatoms. The van der Waals surface area contributed by atoms with Gasteiger partial charge < -0.3 is 5.11 Å². The van der Waals surface area contributed by atoms with Crippen molar-refractivity contribution in [3.05, 3.63) is 16.5 Å². The van der Waals surface area contributed by atoms with E-state index in [1.807, 2.05) is 0 Å². The zero-order valence-electron chi connectivity index (χ0n) is 9.65. The van der Waals surface area contributed by atoms with Crippen molar-refractivity contribution in [2.75, 3.05) is 0 Å². The molecule has 0 radical (unpaired) electrons. The Balaban J connectivity index is 2.83. The van der Waals surface area contributed by atoms with Crippen molar-refractivity contribution in [3.63, 3.8) is 0 Å². The van der Waals surface area contributed by atoms with Gasteiger partial charge in [-0.2, -0.15) is 17.9 Å². The largest absolute Gasteiger partial charge is 0.480 e. The molecule has 1 rings (SSSR count). The molecule has 0 amide bonds. The maximum absolute atomic E-state index is 12.1. The SMILES string of the molecule is O=C(O)C(CCC(F)(F)F)NS(=O)(=O)c1ccc(Cl)s1. The Morgan fingerprint density at radius 1 is 1.45 bits per heavy atom. The Bertz CT molecular complexity index is 584. The number of nitrogens with one attached hydrogen (secondary N) is 1. The van der Waals surface area contributed by atoms with Crippen molar-refractivity contribution < 1.29 is 31.5 Å². The molecule has 0 aliphatic rings. The number of sulfonamides is 1. The van der Waals surface area contributed by atoms with E-state index in [2.05, 4.69) is 0 Å². The molecule has 1 aromatic heterocycles. The number of aliphatic carboxylic acids is 1. The number of thiophene rings is 1. The van der Waals surface area contributed by atoms with Crippen LogP contribution in [0, 0.1) is 0 Å². The van der Waals surface area contributed by atoms with Gasteiger partial charge in [0, 0.05) is 6.42 Å². The predicted octanol–water partition coefficient (Wildman–Crippen LogP) is 2.48. The van der Waals surface area contributed by atoms with Crippen molar-refractivity contribution in [2.24, 2.45) is 0 Å². The molecule has 0 aromatic carbocycles. The van der Waals surface area contributed by atoms with Gasteiger partial charge in [0.05, 0.1) is 4.34 Å². The first-order chi connectivity index (χ1) is 9.01. The van der Waals surface area contributed by atoms with Crippen LogP contribution < -0.4 is 4.72 Å². The fraction of sp³-hybridized carbons (Fsp3) is 0.444. The third kappa shape index (κ3) is 5.27. The Labute approximate surface area is 121 Å². The highest BCUT2D eigenvalue weighted by Gasteiger charge is 2.33. The summed E-state index contributed by atoms with van der Waals surface area (Å²) in [7, 11) is -4.22. The van der Waals surface area contributed by atoms with Crippen molar-refractivity contribution in [2.45, 2.75) is 29.3 Å². The van der Waals surface area contributed by atoms with E-state index in [0.717, 1.165) is 6.07 Å². The maximum Gasteiger partial charge on any atom is 0.389 e. The van der Waals surface area contributed by atoms with Gasteiger partial charge in [-0.1, -0.05) is 11.6 Å². The van der Waals surface area contributed by atoms with Crippen LogP contribution in [-0.2, 0) is 14.8 Å². The number of carboxylic acid groups (broad SMARTS) is 1. The smallest absolute Gasteiger partial charge is 0.389 e. The van der Waals surface area contributed by atoms with E-state index < -0.39 is 41.1 Å². The van der Waals surface area contributed by atoms with Crippen LogP contribution in [0.2, 0.25) is 4.34 Å². The van der Waals surface area contributed by atoms with E-state index in [9.17, 15) is 26.4 Å². The van der Waals surface area contributed by atoms with Gasteiger partial charge in [-0.15, -0.1) is 11.3 Å². The number of carboxylic acids is 1. The highest BCUT2D eigenvalue weighted by Crippen LogP contribution is 2.26. The average Bonchev–Trinajstić information content (AvgIpc) is 2.70. The van der Waals surface area contributed by atoms with Crippen LogP contribution >= 0.6 is 22.9 Å². The van der Waals surface area contributed by atoms with E-state index >= 15 is 0 Å².